The van der Waals surface area contributed by atoms with Crippen LogP contribution in [-0.2, 0) is 9.59 Å². The van der Waals surface area contributed by atoms with Gasteiger partial charge in [-0.1, -0.05) is 32.1 Å². The third kappa shape index (κ3) is 4.87. The molecule has 30 heavy (non-hydrogen) atoms. The molecule has 0 atom stereocenters. The first kappa shape index (κ1) is 20.1. The van der Waals surface area contributed by atoms with E-state index >= 15 is 0 Å². The van der Waals surface area contributed by atoms with Gasteiger partial charge in [0.05, 0.1) is 11.0 Å². The van der Waals surface area contributed by atoms with Crippen LogP contribution < -0.4 is 10.6 Å². The molecule has 1 saturated carbocycles. The van der Waals surface area contributed by atoms with Crippen molar-refractivity contribution in [1.82, 2.24) is 9.97 Å². The Balaban J connectivity index is 1.45. The highest BCUT2D eigenvalue weighted by Crippen LogP contribution is 2.26. The van der Waals surface area contributed by atoms with E-state index in [0.29, 0.717) is 0 Å². The van der Waals surface area contributed by atoms with Gasteiger partial charge in [-0.15, -0.1) is 0 Å². The van der Waals surface area contributed by atoms with Crippen LogP contribution in [0.1, 0.15) is 51.9 Å². The summed E-state index contributed by atoms with van der Waals surface area (Å²) in [4.78, 5) is 31.8. The fraction of sp³-hybridized carbons (Fsp3) is 0.375. The second kappa shape index (κ2) is 9.11. The molecule has 3 aromatic rings. The lowest BCUT2D eigenvalue weighted by Gasteiger charge is -2.19. The average Bonchev–Trinajstić information content (AvgIpc) is 3.11. The zero-order valence-corrected chi connectivity index (χ0v) is 17.3. The molecule has 0 bridgehead atoms. The number of nitrogens with one attached hydrogen (secondary N) is 3. The summed E-state index contributed by atoms with van der Waals surface area (Å²) < 4.78 is 0. The van der Waals surface area contributed by atoms with E-state index in [1.165, 1.54) is 26.2 Å². The van der Waals surface area contributed by atoms with E-state index in [9.17, 15) is 9.59 Å². The molecule has 1 heterocycles. The molecule has 3 N–H and O–H groups in total. The number of hydrogen-bond acceptors (Lipinski definition) is 3. The number of benzene rings is 2. The maximum absolute atomic E-state index is 12.7. The molecule has 2 aromatic carbocycles. The van der Waals surface area contributed by atoms with Crippen LogP contribution in [0.4, 0.5) is 11.4 Å². The first-order chi connectivity index (χ1) is 14.6. The van der Waals surface area contributed by atoms with Crippen LogP contribution in [0.2, 0.25) is 0 Å². The average molecular weight is 405 g/mol. The van der Waals surface area contributed by atoms with Crippen molar-refractivity contribution in [2.24, 2.45) is 5.92 Å². The van der Waals surface area contributed by atoms with Gasteiger partial charge in [-0.25, -0.2) is 4.98 Å². The normalized spacial score (nSPS) is 15.4. The number of amides is 2. The lowest BCUT2D eigenvalue weighted by atomic mass is 9.90. The fourth-order valence-corrected chi connectivity index (χ4v) is 4.10. The first-order valence-electron chi connectivity index (χ1n) is 10.8. The standard InChI is InChI=1S/C24H28N4O2/c1-16(29)25-20-13-14-21-22(15-20)28-23(27-21)17-9-11-19(12-10-17)26-24(30)18-7-5-3-2-4-6-8-18/h9-15,18H,2-8H2,1H3,(H,25,29)(H,26,30)(H,27,28). The van der Waals surface area contributed by atoms with E-state index in [-0.39, 0.29) is 17.7 Å². The molecule has 4 rings (SSSR count). The number of rotatable bonds is 4. The number of aromatic nitrogens is 2. The largest absolute Gasteiger partial charge is 0.338 e. The number of carbonyl (C=O) groups excluding carboxylic acids is 2. The SMILES string of the molecule is CC(=O)Nc1ccc2nc(-c3ccc(NC(=O)C4CCCCCCC4)cc3)[nH]c2c1. The summed E-state index contributed by atoms with van der Waals surface area (Å²) in [6, 6.07) is 13.3. The summed E-state index contributed by atoms with van der Waals surface area (Å²) in [5.41, 5.74) is 4.18. The van der Waals surface area contributed by atoms with E-state index in [0.717, 1.165) is 59.5 Å². The van der Waals surface area contributed by atoms with Gasteiger partial charge in [0.2, 0.25) is 11.8 Å². The Morgan fingerprint density at radius 3 is 2.27 bits per heavy atom. The van der Waals surface area contributed by atoms with Gasteiger partial charge in [0.1, 0.15) is 5.82 Å². The molecule has 2 amide bonds. The van der Waals surface area contributed by atoms with Crippen LogP contribution in [0.5, 0.6) is 0 Å². The maximum Gasteiger partial charge on any atom is 0.227 e. The summed E-state index contributed by atoms with van der Waals surface area (Å²) in [6.07, 6.45) is 8.04. The second-order valence-electron chi connectivity index (χ2n) is 8.11. The van der Waals surface area contributed by atoms with Gasteiger partial charge in [-0.05, 0) is 55.3 Å². The van der Waals surface area contributed by atoms with Gasteiger partial charge in [0, 0.05) is 29.8 Å². The molecule has 1 fully saturated rings. The zero-order chi connectivity index (χ0) is 20.9. The van der Waals surface area contributed by atoms with Crippen LogP contribution in [0.15, 0.2) is 42.5 Å². The minimum absolute atomic E-state index is 0.105. The van der Waals surface area contributed by atoms with Crippen LogP contribution in [0.3, 0.4) is 0 Å². The number of nitrogens with zero attached hydrogens (tertiary/aromatic N) is 1. The van der Waals surface area contributed by atoms with Crippen molar-refractivity contribution in [2.75, 3.05) is 10.6 Å². The Labute approximate surface area is 176 Å². The molecule has 0 aliphatic heterocycles. The Kier molecular flexibility index (Phi) is 6.12. The van der Waals surface area contributed by atoms with E-state index in [1.54, 1.807) is 0 Å². The molecule has 0 saturated heterocycles. The smallest absolute Gasteiger partial charge is 0.227 e. The molecule has 6 nitrogen and oxygen atoms in total. The molecule has 156 valence electrons. The number of H-pyrrole nitrogens is 1. The summed E-state index contributed by atoms with van der Waals surface area (Å²) >= 11 is 0. The minimum atomic E-state index is -0.105. The van der Waals surface area contributed by atoms with Crippen LogP contribution in [0, 0.1) is 5.92 Å². The zero-order valence-electron chi connectivity index (χ0n) is 17.3. The van der Waals surface area contributed by atoms with Gasteiger partial charge in [0.15, 0.2) is 0 Å². The van der Waals surface area contributed by atoms with Crippen molar-refractivity contribution < 1.29 is 9.59 Å². The maximum atomic E-state index is 12.7. The number of imidazole rings is 1. The summed E-state index contributed by atoms with van der Waals surface area (Å²) in [5, 5.41) is 5.86. The second-order valence-corrected chi connectivity index (χ2v) is 8.11. The van der Waals surface area contributed by atoms with Gasteiger partial charge in [-0.2, -0.15) is 0 Å². The van der Waals surface area contributed by atoms with E-state index in [4.69, 9.17) is 0 Å². The fourth-order valence-electron chi connectivity index (χ4n) is 4.10. The van der Waals surface area contributed by atoms with Crippen molar-refractivity contribution in [1.29, 1.82) is 0 Å². The van der Waals surface area contributed by atoms with Gasteiger partial charge in [0.25, 0.3) is 0 Å². The number of fused-ring (bicyclic) bond motifs is 1. The topological polar surface area (TPSA) is 86.9 Å². The molecule has 0 radical (unpaired) electrons. The Hall–Kier alpha value is -3.15. The Morgan fingerprint density at radius 2 is 1.57 bits per heavy atom. The summed E-state index contributed by atoms with van der Waals surface area (Å²) in [6.45, 7) is 1.49. The van der Waals surface area contributed by atoms with Crippen LogP contribution >= 0.6 is 0 Å². The summed E-state index contributed by atoms with van der Waals surface area (Å²) in [7, 11) is 0. The molecule has 1 aromatic heterocycles. The van der Waals surface area contributed by atoms with Crippen LogP contribution in [0.25, 0.3) is 22.4 Å². The van der Waals surface area contributed by atoms with Crippen molar-refractivity contribution in [3.63, 3.8) is 0 Å². The number of hydrogen-bond donors (Lipinski definition) is 3. The highest BCUT2D eigenvalue weighted by atomic mass is 16.2. The Bertz CT molecular complexity index is 1030. The molecular formula is C24H28N4O2. The number of anilines is 2. The highest BCUT2D eigenvalue weighted by Gasteiger charge is 2.19. The van der Waals surface area contributed by atoms with Crippen molar-refractivity contribution in [2.45, 2.75) is 51.9 Å². The van der Waals surface area contributed by atoms with Gasteiger partial charge >= 0.3 is 0 Å². The van der Waals surface area contributed by atoms with Crippen molar-refractivity contribution in [3.05, 3.63) is 42.5 Å². The van der Waals surface area contributed by atoms with E-state index in [2.05, 4.69) is 20.6 Å². The van der Waals surface area contributed by atoms with Crippen molar-refractivity contribution in [3.8, 4) is 11.4 Å². The van der Waals surface area contributed by atoms with Crippen LogP contribution in [-0.4, -0.2) is 21.8 Å². The molecular weight excluding hydrogens is 376 g/mol. The lowest BCUT2D eigenvalue weighted by Crippen LogP contribution is -2.23. The molecule has 0 spiro atoms. The van der Waals surface area contributed by atoms with Gasteiger partial charge < -0.3 is 15.6 Å². The quantitative estimate of drug-likeness (QED) is 0.537. The molecule has 6 heteroatoms. The van der Waals surface area contributed by atoms with E-state index < -0.39 is 0 Å². The summed E-state index contributed by atoms with van der Waals surface area (Å²) in [5.74, 6) is 0.908. The Morgan fingerprint density at radius 1 is 0.900 bits per heavy atom. The predicted octanol–water partition coefficient (Wildman–Crippen LogP) is 5.49. The monoisotopic (exact) mass is 404 g/mol. The lowest BCUT2D eigenvalue weighted by molar-refractivity contribution is -0.120. The number of carbonyl (C=O) groups is 2. The third-order valence-electron chi connectivity index (χ3n) is 5.70. The third-order valence-corrected chi connectivity index (χ3v) is 5.70. The molecule has 1 aliphatic rings. The first-order valence-corrected chi connectivity index (χ1v) is 10.8. The number of aromatic amines is 1. The molecule has 1 aliphatic carbocycles. The van der Waals surface area contributed by atoms with Crippen molar-refractivity contribution >= 4 is 34.2 Å². The predicted molar refractivity (Wildman–Crippen MR) is 120 cm³/mol. The minimum Gasteiger partial charge on any atom is -0.338 e. The van der Waals surface area contributed by atoms with E-state index in [1.807, 2.05) is 42.5 Å². The molecule has 0 unspecified atom stereocenters. The highest BCUT2D eigenvalue weighted by molar-refractivity contribution is 5.93. The van der Waals surface area contributed by atoms with Gasteiger partial charge in [-0.3, -0.25) is 9.59 Å².